The van der Waals surface area contributed by atoms with E-state index in [1.54, 1.807) is 30.5 Å². The van der Waals surface area contributed by atoms with Crippen LogP contribution in [0, 0.1) is 0 Å². The standard InChI is InChI=1S/C26H23F3N8O3S.C2HF3O2/c27-26(28,29)40-19-6-3-4-16(12-19)13-22(38)31-20-7-8-21(34-33-20)37-11-9-17(15-37)24-35-36-25(41-24)32-23(39)14-18-5-1-2-10-30-18;3-2(4,5)1(6)7/h1-8,10,12,17H,9,11,13-15H2,(H,31,33,38)(H,32,36,39);(H,6,7). The first-order valence-corrected chi connectivity index (χ1v) is 14.5. The van der Waals surface area contributed by atoms with E-state index in [9.17, 15) is 35.9 Å². The molecule has 1 aromatic carbocycles. The molecule has 0 spiro atoms. The first-order valence-electron chi connectivity index (χ1n) is 13.7. The normalized spacial score (nSPS) is 14.5. The maximum atomic E-state index is 12.4. The third-order valence-corrected chi connectivity index (χ3v) is 7.27. The van der Waals surface area contributed by atoms with Gasteiger partial charge in [0.15, 0.2) is 11.6 Å². The lowest BCUT2D eigenvalue weighted by Crippen LogP contribution is -2.21. The van der Waals surface area contributed by atoms with Crippen molar-refractivity contribution in [3.05, 3.63) is 77.1 Å². The van der Waals surface area contributed by atoms with Gasteiger partial charge in [0.2, 0.25) is 16.9 Å². The zero-order valence-corrected chi connectivity index (χ0v) is 25.1. The van der Waals surface area contributed by atoms with E-state index in [4.69, 9.17) is 9.90 Å². The summed E-state index contributed by atoms with van der Waals surface area (Å²) in [6, 6.07) is 13.9. The topological polar surface area (TPSA) is 172 Å². The second-order valence-electron chi connectivity index (χ2n) is 9.92. The van der Waals surface area contributed by atoms with Gasteiger partial charge in [-0.05, 0) is 48.4 Å². The maximum absolute atomic E-state index is 12.4. The minimum absolute atomic E-state index is 0.104. The van der Waals surface area contributed by atoms with E-state index < -0.39 is 30.2 Å². The number of carboxylic acids is 1. The van der Waals surface area contributed by atoms with Crippen molar-refractivity contribution in [2.24, 2.45) is 0 Å². The molecular weight excluding hydrogens is 674 g/mol. The van der Waals surface area contributed by atoms with Gasteiger partial charge < -0.3 is 25.4 Å². The molecule has 1 atom stereocenters. The molecule has 4 heterocycles. The van der Waals surface area contributed by atoms with E-state index in [1.807, 2.05) is 11.0 Å². The summed E-state index contributed by atoms with van der Waals surface area (Å²) in [6.45, 7) is 1.34. The van der Waals surface area contributed by atoms with Gasteiger partial charge >= 0.3 is 18.5 Å². The highest BCUT2D eigenvalue weighted by molar-refractivity contribution is 7.15. The lowest BCUT2D eigenvalue weighted by atomic mass is 10.1. The maximum Gasteiger partial charge on any atom is 0.573 e. The van der Waals surface area contributed by atoms with Gasteiger partial charge in [0, 0.05) is 30.9 Å². The lowest BCUT2D eigenvalue weighted by Gasteiger charge is -2.16. The summed E-state index contributed by atoms with van der Waals surface area (Å²) in [5.74, 6) is -2.89. The highest BCUT2D eigenvalue weighted by Gasteiger charge is 2.38. The van der Waals surface area contributed by atoms with Gasteiger partial charge in [-0.25, -0.2) is 4.79 Å². The number of amides is 2. The van der Waals surface area contributed by atoms with Crippen LogP contribution in [-0.2, 0) is 27.2 Å². The van der Waals surface area contributed by atoms with Crippen molar-refractivity contribution in [3.8, 4) is 5.75 Å². The number of hydrogen-bond acceptors (Lipinski definition) is 11. The van der Waals surface area contributed by atoms with Gasteiger partial charge in [-0.2, -0.15) is 13.2 Å². The fraction of sp³-hybridized carbons (Fsp3) is 0.286. The van der Waals surface area contributed by atoms with Crippen LogP contribution >= 0.6 is 11.3 Å². The van der Waals surface area contributed by atoms with Crippen molar-refractivity contribution in [3.63, 3.8) is 0 Å². The fourth-order valence-electron chi connectivity index (χ4n) is 4.24. The number of nitrogens with zero attached hydrogens (tertiary/aromatic N) is 6. The number of carbonyl (C=O) groups is 3. The molecule has 3 aromatic heterocycles. The molecule has 20 heteroatoms. The number of aliphatic carboxylic acids is 1. The second kappa shape index (κ2) is 15.5. The van der Waals surface area contributed by atoms with Crippen molar-refractivity contribution in [1.82, 2.24) is 25.4 Å². The SMILES string of the molecule is O=C(Cc1cccc(OC(F)(F)F)c1)Nc1ccc(N2CCC(c3nnc(NC(=O)Cc4ccccn4)s3)C2)nn1.O=C(O)C(F)(F)F. The summed E-state index contributed by atoms with van der Waals surface area (Å²) >= 11 is 1.33. The molecule has 0 radical (unpaired) electrons. The van der Waals surface area contributed by atoms with E-state index >= 15 is 0 Å². The Bertz CT molecular complexity index is 1710. The number of benzene rings is 1. The van der Waals surface area contributed by atoms with Gasteiger partial charge in [-0.1, -0.05) is 29.5 Å². The predicted octanol–water partition coefficient (Wildman–Crippen LogP) is 4.61. The van der Waals surface area contributed by atoms with Crippen LogP contribution in [0.2, 0.25) is 0 Å². The second-order valence-corrected chi connectivity index (χ2v) is 10.9. The Labute approximate surface area is 271 Å². The largest absolute Gasteiger partial charge is 0.573 e. The first-order chi connectivity index (χ1) is 22.6. The van der Waals surface area contributed by atoms with Gasteiger partial charge in [0.1, 0.15) is 10.8 Å². The fourth-order valence-corrected chi connectivity index (χ4v) is 5.12. The number of carboxylic acid groups (broad SMARTS) is 1. The summed E-state index contributed by atoms with van der Waals surface area (Å²) in [6.07, 6.45) is -7.47. The van der Waals surface area contributed by atoms with Gasteiger partial charge in [0.25, 0.3) is 0 Å². The molecule has 1 aliphatic heterocycles. The quantitative estimate of drug-likeness (QED) is 0.209. The van der Waals surface area contributed by atoms with Crippen LogP contribution in [0.4, 0.5) is 43.1 Å². The molecule has 4 aromatic rings. The van der Waals surface area contributed by atoms with Crippen LogP contribution in [0.3, 0.4) is 0 Å². The number of anilines is 3. The zero-order valence-electron chi connectivity index (χ0n) is 24.3. The van der Waals surface area contributed by atoms with Crippen molar-refractivity contribution in [2.45, 2.75) is 37.7 Å². The number of rotatable bonds is 9. The zero-order chi connectivity index (χ0) is 34.9. The number of alkyl halides is 6. The Morgan fingerprint density at radius 1 is 0.917 bits per heavy atom. The lowest BCUT2D eigenvalue weighted by molar-refractivity contribution is -0.274. The van der Waals surface area contributed by atoms with Crippen LogP contribution in [-0.4, -0.2) is 73.9 Å². The van der Waals surface area contributed by atoms with Crippen molar-refractivity contribution in [1.29, 1.82) is 0 Å². The highest BCUT2D eigenvalue weighted by Crippen LogP contribution is 2.33. The van der Waals surface area contributed by atoms with E-state index in [-0.39, 0.29) is 30.5 Å². The summed E-state index contributed by atoms with van der Waals surface area (Å²) in [7, 11) is 0. The third-order valence-electron chi connectivity index (χ3n) is 6.27. The van der Waals surface area contributed by atoms with Crippen LogP contribution in [0.25, 0.3) is 0 Å². The molecule has 0 aliphatic carbocycles. The number of hydrogen-bond donors (Lipinski definition) is 3. The van der Waals surface area contributed by atoms with E-state index in [0.717, 1.165) is 23.6 Å². The molecular formula is C28H24F6N8O5S. The smallest absolute Gasteiger partial charge is 0.475 e. The van der Waals surface area contributed by atoms with Crippen molar-refractivity contribution < 1.29 is 50.6 Å². The number of aromatic nitrogens is 5. The first kappa shape index (κ1) is 35.5. The molecule has 3 N–H and O–H groups in total. The summed E-state index contributed by atoms with van der Waals surface area (Å²) in [5, 5.41) is 30.4. The molecule has 254 valence electrons. The minimum Gasteiger partial charge on any atom is -0.475 e. The van der Waals surface area contributed by atoms with Crippen LogP contribution < -0.4 is 20.3 Å². The molecule has 0 saturated carbocycles. The van der Waals surface area contributed by atoms with Crippen LogP contribution in [0.5, 0.6) is 5.75 Å². The van der Waals surface area contributed by atoms with E-state index in [1.165, 1.54) is 23.5 Å². The van der Waals surface area contributed by atoms with Crippen molar-refractivity contribution in [2.75, 3.05) is 28.6 Å². The van der Waals surface area contributed by atoms with E-state index in [2.05, 4.69) is 40.7 Å². The number of nitrogens with one attached hydrogen (secondary N) is 2. The Kier molecular flexibility index (Phi) is 11.4. The average molecular weight is 699 g/mol. The van der Waals surface area contributed by atoms with Crippen LogP contribution in [0.1, 0.15) is 28.6 Å². The molecule has 1 aliphatic rings. The predicted molar refractivity (Wildman–Crippen MR) is 157 cm³/mol. The highest BCUT2D eigenvalue weighted by atomic mass is 32.1. The van der Waals surface area contributed by atoms with Crippen LogP contribution in [0.15, 0.2) is 60.8 Å². The molecule has 1 fully saturated rings. The van der Waals surface area contributed by atoms with Gasteiger partial charge in [-0.15, -0.1) is 33.6 Å². The molecule has 1 saturated heterocycles. The Hall–Kier alpha value is -5.40. The molecule has 5 rings (SSSR count). The molecule has 13 nitrogen and oxygen atoms in total. The molecule has 48 heavy (non-hydrogen) atoms. The van der Waals surface area contributed by atoms with Crippen molar-refractivity contribution >= 4 is 45.9 Å². The summed E-state index contributed by atoms with van der Waals surface area (Å²) in [4.78, 5) is 39.8. The third kappa shape index (κ3) is 11.1. The van der Waals surface area contributed by atoms with Gasteiger partial charge in [0.05, 0.1) is 12.8 Å². The molecule has 0 bridgehead atoms. The monoisotopic (exact) mass is 698 g/mol. The summed E-state index contributed by atoms with van der Waals surface area (Å²) in [5.41, 5.74) is 1.02. The molecule has 2 amide bonds. The van der Waals surface area contributed by atoms with Gasteiger partial charge in [-0.3, -0.25) is 14.6 Å². The van der Waals surface area contributed by atoms with E-state index in [0.29, 0.717) is 35.3 Å². The number of ether oxygens (including phenoxy) is 1. The Morgan fingerprint density at radius 3 is 2.31 bits per heavy atom. The number of carbonyl (C=O) groups excluding carboxylic acids is 2. The number of pyridine rings is 1. The average Bonchev–Trinajstić information content (AvgIpc) is 3.67. The Morgan fingerprint density at radius 2 is 1.67 bits per heavy atom. The molecule has 1 unspecified atom stereocenters. The number of halogens is 6. The Balaban J connectivity index is 0.000000671. The minimum atomic E-state index is -5.08. The summed E-state index contributed by atoms with van der Waals surface area (Å²) < 4.78 is 72.9.